The van der Waals surface area contributed by atoms with Crippen molar-refractivity contribution in [2.24, 2.45) is 0 Å². The third-order valence-electron chi connectivity index (χ3n) is 2.91. The molecule has 2 aromatic rings. The van der Waals surface area contributed by atoms with E-state index in [4.69, 9.17) is 9.47 Å². The highest BCUT2D eigenvalue weighted by Gasteiger charge is 2.10. The highest BCUT2D eigenvalue weighted by molar-refractivity contribution is 9.10. The molecule has 114 valence electrons. The zero-order chi connectivity index (χ0) is 15.9. The van der Waals surface area contributed by atoms with Gasteiger partial charge in [0.1, 0.15) is 5.75 Å². The molecule has 5 heteroatoms. The lowest BCUT2D eigenvalue weighted by Crippen LogP contribution is -2.19. The summed E-state index contributed by atoms with van der Waals surface area (Å²) in [6, 6.07) is 14.2. The third-order valence-corrected chi connectivity index (χ3v) is 3.44. The van der Waals surface area contributed by atoms with Crippen LogP contribution in [0.25, 0.3) is 0 Å². The summed E-state index contributed by atoms with van der Waals surface area (Å²) in [7, 11) is 0. The number of ketones is 1. The smallest absolute Gasteiger partial charge is 0.344 e. The Hall–Kier alpha value is -2.14. The molecular formula is C17H15BrO4. The quantitative estimate of drug-likeness (QED) is 0.582. The van der Waals surface area contributed by atoms with Gasteiger partial charge >= 0.3 is 5.97 Å². The molecule has 0 amide bonds. The van der Waals surface area contributed by atoms with Crippen LogP contribution in [0.4, 0.5) is 0 Å². The first-order valence-corrected chi connectivity index (χ1v) is 7.48. The van der Waals surface area contributed by atoms with Gasteiger partial charge in [0.15, 0.2) is 19.0 Å². The van der Waals surface area contributed by atoms with Crippen molar-refractivity contribution in [2.45, 2.75) is 6.92 Å². The molecule has 0 atom stereocenters. The molecule has 0 heterocycles. The Morgan fingerprint density at radius 1 is 0.955 bits per heavy atom. The second-order valence-electron chi connectivity index (χ2n) is 4.69. The maximum Gasteiger partial charge on any atom is 0.344 e. The first-order chi connectivity index (χ1) is 10.5. The van der Waals surface area contributed by atoms with Crippen LogP contribution in [-0.2, 0) is 9.53 Å². The van der Waals surface area contributed by atoms with Crippen LogP contribution in [0.1, 0.15) is 15.9 Å². The number of hydrogen-bond donors (Lipinski definition) is 0. The fourth-order valence-corrected chi connectivity index (χ4v) is 1.95. The molecule has 4 nitrogen and oxygen atoms in total. The molecule has 0 saturated carbocycles. The highest BCUT2D eigenvalue weighted by atomic mass is 79.9. The van der Waals surface area contributed by atoms with Crippen molar-refractivity contribution in [3.05, 3.63) is 64.1 Å². The molecule has 0 aromatic heterocycles. The van der Waals surface area contributed by atoms with Crippen LogP contribution < -0.4 is 4.74 Å². The normalized spacial score (nSPS) is 10.1. The number of Topliss-reactive ketones (excluding diaryl/α,β-unsaturated/α-hetero) is 1. The molecule has 0 aliphatic carbocycles. The van der Waals surface area contributed by atoms with Crippen LogP contribution in [0, 0.1) is 6.92 Å². The van der Waals surface area contributed by atoms with Gasteiger partial charge in [0, 0.05) is 10.0 Å². The molecule has 0 radical (unpaired) electrons. The average molecular weight is 363 g/mol. The van der Waals surface area contributed by atoms with Crippen molar-refractivity contribution in [3.63, 3.8) is 0 Å². The maximum absolute atomic E-state index is 11.8. The predicted molar refractivity (Wildman–Crippen MR) is 86.1 cm³/mol. The molecule has 0 fully saturated rings. The van der Waals surface area contributed by atoms with E-state index in [-0.39, 0.29) is 19.0 Å². The number of carbonyl (C=O) groups is 2. The minimum atomic E-state index is -0.580. The van der Waals surface area contributed by atoms with E-state index in [9.17, 15) is 9.59 Å². The molecule has 0 unspecified atom stereocenters. The summed E-state index contributed by atoms with van der Waals surface area (Å²) in [5.41, 5.74) is 1.59. The predicted octanol–water partition coefficient (Wildman–Crippen LogP) is 3.56. The second-order valence-corrected chi connectivity index (χ2v) is 5.61. The van der Waals surface area contributed by atoms with Crippen molar-refractivity contribution in [1.29, 1.82) is 0 Å². The van der Waals surface area contributed by atoms with Crippen molar-refractivity contribution in [1.82, 2.24) is 0 Å². The Morgan fingerprint density at radius 2 is 1.59 bits per heavy atom. The number of aryl methyl sites for hydroxylation is 1. The lowest BCUT2D eigenvalue weighted by molar-refractivity contribution is -0.144. The van der Waals surface area contributed by atoms with Gasteiger partial charge in [-0.1, -0.05) is 45.8 Å². The molecular weight excluding hydrogens is 348 g/mol. The summed E-state index contributed by atoms with van der Waals surface area (Å²) in [5.74, 6) is -0.259. The molecule has 0 saturated heterocycles. The Bertz CT molecular complexity index is 647. The summed E-state index contributed by atoms with van der Waals surface area (Å²) in [4.78, 5) is 23.4. The van der Waals surface area contributed by atoms with E-state index in [1.165, 1.54) is 0 Å². The van der Waals surface area contributed by atoms with Gasteiger partial charge in [-0.25, -0.2) is 4.79 Å². The van der Waals surface area contributed by atoms with Gasteiger partial charge in [-0.3, -0.25) is 4.79 Å². The molecule has 0 spiro atoms. The third kappa shape index (κ3) is 5.00. The number of esters is 1. The van der Waals surface area contributed by atoms with E-state index in [1.807, 2.05) is 31.2 Å². The summed E-state index contributed by atoms with van der Waals surface area (Å²) < 4.78 is 11.1. The van der Waals surface area contributed by atoms with Gasteiger partial charge in [0.05, 0.1) is 0 Å². The number of rotatable bonds is 6. The van der Waals surface area contributed by atoms with Crippen molar-refractivity contribution < 1.29 is 19.1 Å². The van der Waals surface area contributed by atoms with E-state index in [0.29, 0.717) is 11.3 Å². The van der Waals surface area contributed by atoms with Gasteiger partial charge < -0.3 is 9.47 Å². The number of carbonyl (C=O) groups excluding carboxylic acids is 2. The van der Waals surface area contributed by atoms with Crippen molar-refractivity contribution in [2.75, 3.05) is 13.2 Å². The molecule has 0 aliphatic heterocycles. The fourth-order valence-electron chi connectivity index (χ4n) is 1.68. The second kappa shape index (κ2) is 7.75. The average Bonchev–Trinajstić information content (AvgIpc) is 2.52. The van der Waals surface area contributed by atoms with E-state index < -0.39 is 5.97 Å². The highest BCUT2D eigenvalue weighted by Crippen LogP contribution is 2.16. The number of benzene rings is 2. The zero-order valence-corrected chi connectivity index (χ0v) is 13.6. The lowest BCUT2D eigenvalue weighted by Gasteiger charge is -2.07. The summed E-state index contributed by atoms with van der Waals surface area (Å²) >= 11 is 3.31. The van der Waals surface area contributed by atoms with E-state index in [0.717, 1.165) is 10.0 Å². The monoisotopic (exact) mass is 362 g/mol. The largest absolute Gasteiger partial charge is 0.482 e. The van der Waals surface area contributed by atoms with Gasteiger partial charge in [-0.2, -0.15) is 0 Å². The van der Waals surface area contributed by atoms with Gasteiger partial charge in [-0.15, -0.1) is 0 Å². The maximum atomic E-state index is 11.8. The van der Waals surface area contributed by atoms with Crippen LogP contribution in [0.2, 0.25) is 0 Å². The Balaban J connectivity index is 1.76. The zero-order valence-electron chi connectivity index (χ0n) is 12.0. The van der Waals surface area contributed by atoms with Gasteiger partial charge in [0.25, 0.3) is 0 Å². The molecule has 0 N–H and O–H groups in total. The fraction of sp³-hybridized carbons (Fsp3) is 0.176. The van der Waals surface area contributed by atoms with Crippen LogP contribution in [0.5, 0.6) is 5.75 Å². The Kier molecular flexibility index (Phi) is 5.72. The summed E-state index contributed by atoms with van der Waals surface area (Å²) in [6.07, 6.45) is 0. The van der Waals surface area contributed by atoms with Gasteiger partial charge in [0.2, 0.25) is 0 Å². The number of hydrogen-bond acceptors (Lipinski definition) is 4. The summed E-state index contributed by atoms with van der Waals surface area (Å²) in [6.45, 7) is 1.42. The molecule has 0 bridgehead atoms. The first kappa shape index (κ1) is 16.2. The van der Waals surface area contributed by atoms with Crippen molar-refractivity contribution >= 4 is 27.7 Å². The molecule has 2 aromatic carbocycles. The van der Waals surface area contributed by atoms with Crippen LogP contribution in [-0.4, -0.2) is 25.0 Å². The molecule has 0 aliphatic rings. The minimum absolute atomic E-state index is 0.233. The Labute approximate surface area is 137 Å². The van der Waals surface area contributed by atoms with E-state index in [2.05, 4.69) is 15.9 Å². The molecule has 22 heavy (non-hydrogen) atoms. The topological polar surface area (TPSA) is 52.6 Å². The first-order valence-electron chi connectivity index (χ1n) is 6.68. The molecule has 2 rings (SSSR count). The van der Waals surface area contributed by atoms with Crippen molar-refractivity contribution in [3.8, 4) is 5.75 Å². The lowest BCUT2D eigenvalue weighted by atomic mass is 10.1. The van der Waals surface area contributed by atoms with E-state index in [1.54, 1.807) is 24.3 Å². The van der Waals surface area contributed by atoms with Crippen LogP contribution >= 0.6 is 15.9 Å². The number of halogens is 1. The van der Waals surface area contributed by atoms with Crippen LogP contribution in [0.15, 0.2) is 53.0 Å². The minimum Gasteiger partial charge on any atom is -0.482 e. The SMILES string of the molecule is Cc1ccc(C(=O)COC(=O)COc2ccc(Br)cc2)cc1. The van der Waals surface area contributed by atoms with Crippen LogP contribution in [0.3, 0.4) is 0 Å². The van der Waals surface area contributed by atoms with E-state index >= 15 is 0 Å². The standard InChI is InChI=1S/C17H15BrO4/c1-12-2-4-13(5-3-12)16(19)10-22-17(20)11-21-15-8-6-14(18)7-9-15/h2-9H,10-11H2,1H3. The number of ether oxygens (including phenoxy) is 2. The Morgan fingerprint density at radius 3 is 2.23 bits per heavy atom. The summed E-state index contributed by atoms with van der Waals surface area (Å²) in [5, 5.41) is 0. The van der Waals surface area contributed by atoms with Gasteiger partial charge in [-0.05, 0) is 31.2 Å².